The van der Waals surface area contributed by atoms with E-state index in [1.54, 1.807) is 12.1 Å². The van der Waals surface area contributed by atoms with E-state index in [2.05, 4.69) is 20.3 Å². The fourth-order valence-electron chi connectivity index (χ4n) is 2.12. The molecular weight excluding hydrogens is 336 g/mol. The Morgan fingerprint density at radius 3 is 2.74 bits per heavy atom. The van der Waals surface area contributed by atoms with Crippen LogP contribution in [0.1, 0.15) is 21.1 Å². The number of nitrogens with zero attached hydrogens (tertiary/aromatic N) is 3. The van der Waals surface area contributed by atoms with Gasteiger partial charge in [0.15, 0.2) is 11.3 Å². The third-order valence-corrected chi connectivity index (χ3v) is 4.32. The SMILES string of the molecule is Cc1nc2nc(Cl)nc(C(=O)NCCc3ccc(O)cc3)c2s1. The first-order valence-electron chi connectivity index (χ1n) is 6.90. The molecule has 2 aromatic heterocycles. The first kappa shape index (κ1) is 15.6. The van der Waals surface area contributed by atoms with E-state index in [0.717, 1.165) is 10.6 Å². The van der Waals surface area contributed by atoms with Crippen molar-refractivity contribution in [3.63, 3.8) is 0 Å². The summed E-state index contributed by atoms with van der Waals surface area (Å²) in [6.45, 7) is 2.29. The second-order valence-corrected chi connectivity index (χ2v) is 6.44. The van der Waals surface area contributed by atoms with Crippen LogP contribution in [0.2, 0.25) is 5.28 Å². The first-order valence-corrected chi connectivity index (χ1v) is 8.09. The number of benzene rings is 1. The Morgan fingerprint density at radius 1 is 1.26 bits per heavy atom. The minimum Gasteiger partial charge on any atom is -0.508 e. The maximum Gasteiger partial charge on any atom is 0.271 e. The zero-order chi connectivity index (χ0) is 16.4. The van der Waals surface area contributed by atoms with Crippen LogP contribution < -0.4 is 5.32 Å². The number of hydrogen-bond donors (Lipinski definition) is 2. The van der Waals surface area contributed by atoms with Crippen molar-refractivity contribution in [2.45, 2.75) is 13.3 Å². The lowest BCUT2D eigenvalue weighted by atomic mass is 10.1. The van der Waals surface area contributed by atoms with Gasteiger partial charge in [0.2, 0.25) is 5.28 Å². The second-order valence-electron chi connectivity index (χ2n) is 4.90. The number of carbonyl (C=O) groups is 1. The third kappa shape index (κ3) is 3.57. The van der Waals surface area contributed by atoms with Crippen LogP contribution in [0.25, 0.3) is 10.3 Å². The van der Waals surface area contributed by atoms with Gasteiger partial charge >= 0.3 is 0 Å². The topological polar surface area (TPSA) is 88.0 Å². The number of thiazole rings is 1. The normalized spacial score (nSPS) is 10.9. The maximum atomic E-state index is 12.3. The first-order chi connectivity index (χ1) is 11.0. The van der Waals surface area contributed by atoms with Gasteiger partial charge in [-0.3, -0.25) is 4.79 Å². The van der Waals surface area contributed by atoms with Gasteiger partial charge in [0, 0.05) is 6.54 Å². The summed E-state index contributed by atoms with van der Waals surface area (Å²) in [4.78, 5) is 24.6. The van der Waals surface area contributed by atoms with Crippen LogP contribution in [-0.4, -0.2) is 32.5 Å². The molecule has 0 saturated heterocycles. The standard InChI is InChI=1S/C15H13ClN4O2S/c1-8-18-13-12(23-8)11(19-15(16)20-13)14(22)17-7-6-9-2-4-10(21)5-3-9/h2-5,21H,6-7H2,1H3,(H,17,22). The van der Waals surface area contributed by atoms with E-state index in [9.17, 15) is 9.90 Å². The van der Waals surface area contributed by atoms with Crippen molar-refractivity contribution in [1.82, 2.24) is 20.3 Å². The van der Waals surface area contributed by atoms with Crippen molar-refractivity contribution < 1.29 is 9.90 Å². The highest BCUT2D eigenvalue weighted by atomic mass is 35.5. The molecule has 3 aromatic rings. The van der Waals surface area contributed by atoms with Gasteiger partial charge < -0.3 is 10.4 Å². The quantitative estimate of drug-likeness (QED) is 0.708. The van der Waals surface area contributed by atoms with Crippen molar-refractivity contribution in [1.29, 1.82) is 0 Å². The van der Waals surface area contributed by atoms with Gasteiger partial charge in [-0.25, -0.2) is 9.97 Å². The molecular formula is C15H13ClN4O2S. The van der Waals surface area contributed by atoms with Gasteiger partial charge in [0.05, 0.1) is 5.01 Å². The minimum absolute atomic E-state index is 0.00600. The lowest BCUT2D eigenvalue weighted by Crippen LogP contribution is -2.26. The fourth-order valence-corrected chi connectivity index (χ4v) is 3.13. The summed E-state index contributed by atoms with van der Waals surface area (Å²) in [7, 11) is 0. The molecule has 0 aliphatic rings. The van der Waals surface area contributed by atoms with E-state index in [1.165, 1.54) is 11.3 Å². The van der Waals surface area contributed by atoms with Crippen molar-refractivity contribution in [2.24, 2.45) is 0 Å². The van der Waals surface area contributed by atoms with Crippen molar-refractivity contribution in [3.05, 3.63) is 45.8 Å². The number of phenolic OH excluding ortho intramolecular Hbond substituents is 1. The largest absolute Gasteiger partial charge is 0.508 e. The molecule has 2 heterocycles. The summed E-state index contributed by atoms with van der Waals surface area (Å²) < 4.78 is 0.633. The molecule has 118 valence electrons. The van der Waals surface area contributed by atoms with Gasteiger partial charge in [0.1, 0.15) is 10.4 Å². The number of amides is 1. The Hall–Kier alpha value is -2.25. The van der Waals surface area contributed by atoms with E-state index >= 15 is 0 Å². The number of carbonyl (C=O) groups excluding carboxylic acids is 1. The molecule has 0 unspecified atom stereocenters. The Balaban J connectivity index is 1.72. The monoisotopic (exact) mass is 348 g/mol. The molecule has 0 radical (unpaired) electrons. The molecule has 0 fully saturated rings. The number of aromatic hydroxyl groups is 1. The molecule has 0 spiro atoms. The summed E-state index contributed by atoms with van der Waals surface area (Å²) in [5.74, 6) is -0.0851. The number of rotatable bonds is 4. The van der Waals surface area contributed by atoms with E-state index < -0.39 is 0 Å². The Bertz CT molecular complexity index is 864. The molecule has 2 N–H and O–H groups in total. The van der Waals surface area contributed by atoms with Crippen LogP contribution in [0.4, 0.5) is 0 Å². The van der Waals surface area contributed by atoms with Gasteiger partial charge in [0.25, 0.3) is 5.91 Å². The predicted molar refractivity (Wildman–Crippen MR) is 89.1 cm³/mol. The highest BCUT2D eigenvalue weighted by Gasteiger charge is 2.17. The van der Waals surface area contributed by atoms with E-state index in [0.29, 0.717) is 23.3 Å². The number of aryl methyl sites for hydroxylation is 1. The molecule has 8 heteroatoms. The molecule has 1 amide bonds. The highest BCUT2D eigenvalue weighted by molar-refractivity contribution is 7.18. The molecule has 23 heavy (non-hydrogen) atoms. The number of phenols is 1. The van der Waals surface area contributed by atoms with Crippen LogP contribution in [0.15, 0.2) is 24.3 Å². The lowest BCUT2D eigenvalue weighted by Gasteiger charge is -2.06. The molecule has 0 bridgehead atoms. The van der Waals surface area contributed by atoms with Crippen molar-refractivity contribution in [2.75, 3.05) is 6.54 Å². The zero-order valence-corrected chi connectivity index (χ0v) is 13.8. The maximum absolute atomic E-state index is 12.3. The Labute approximate surface area is 141 Å². The number of nitrogens with one attached hydrogen (secondary N) is 1. The van der Waals surface area contributed by atoms with E-state index in [1.807, 2.05) is 19.1 Å². The minimum atomic E-state index is -0.304. The zero-order valence-electron chi connectivity index (χ0n) is 12.2. The van der Waals surface area contributed by atoms with E-state index in [-0.39, 0.29) is 22.6 Å². The second kappa shape index (κ2) is 6.47. The average Bonchev–Trinajstić information content (AvgIpc) is 2.88. The van der Waals surface area contributed by atoms with Crippen LogP contribution >= 0.6 is 22.9 Å². The molecule has 0 atom stereocenters. The fraction of sp³-hybridized carbons (Fsp3) is 0.200. The average molecular weight is 349 g/mol. The van der Waals surface area contributed by atoms with Gasteiger partial charge in [-0.15, -0.1) is 11.3 Å². The highest BCUT2D eigenvalue weighted by Crippen LogP contribution is 2.24. The van der Waals surface area contributed by atoms with Crippen LogP contribution in [-0.2, 0) is 6.42 Å². The van der Waals surface area contributed by atoms with Crippen molar-refractivity contribution in [3.8, 4) is 5.75 Å². The summed E-state index contributed by atoms with van der Waals surface area (Å²) in [6, 6.07) is 6.86. The van der Waals surface area contributed by atoms with E-state index in [4.69, 9.17) is 11.6 Å². The molecule has 0 aliphatic heterocycles. The van der Waals surface area contributed by atoms with Crippen LogP contribution in [0.5, 0.6) is 5.75 Å². The lowest BCUT2D eigenvalue weighted by molar-refractivity contribution is 0.0951. The third-order valence-electron chi connectivity index (χ3n) is 3.18. The van der Waals surface area contributed by atoms with Crippen LogP contribution in [0.3, 0.4) is 0 Å². The van der Waals surface area contributed by atoms with Crippen LogP contribution in [0, 0.1) is 6.92 Å². The summed E-state index contributed by atoms with van der Waals surface area (Å²) in [5.41, 5.74) is 1.70. The number of hydrogen-bond acceptors (Lipinski definition) is 6. The Kier molecular flexibility index (Phi) is 4.40. The number of halogens is 1. The summed E-state index contributed by atoms with van der Waals surface area (Å²) in [5, 5.41) is 12.9. The smallest absolute Gasteiger partial charge is 0.271 e. The van der Waals surface area contributed by atoms with Gasteiger partial charge in [-0.2, -0.15) is 4.98 Å². The Morgan fingerprint density at radius 2 is 2.00 bits per heavy atom. The molecule has 0 aliphatic carbocycles. The molecule has 6 nitrogen and oxygen atoms in total. The molecule has 3 rings (SSSR count). The van der Waals surface area contributed by atoms with Gasteiger partial charge in [-0.05, 0) is 42.6 Å². The van der Waals surface area contributed by atoms with Gasteiger partial charge in [-0.1, -0.05) is 12.1 Å². The molecule has 0 saturated carbocycles. The number of fused-ring (bicyclic) bond motifs is 1. The van der Waals surface area contributed by atoms with Crippen molar-refractivity contribution >= 4 is 39.2 Å². The summed E-state index contributed by atoms with van der Waals surface area (Å²) >= 11 is 7.22. The summed E-state index contributed by atoms with van der Waals surface area (Å²) in [6.07, 6.45) is 0.649. The predicted octanol–water partition coefficient (Wildman–Crippen LogP) is 2.73. The molecule has 1 aromatic carbocycles. The number of aromatic nitrogens is 3.